The summed E-state index contributed by atoms with van der Waals surface area (Å²) in [7, 11) is 0.160. The molecule has 0 N–H and O–H groups in total. The Kier molecular flexibility index (Phi) is 5.78. The molecule has 1 aromatic rings. The van der Waals surface area contributed by atoms with E-state index in [2.05, 4.69) is 0 Å². The first-order chi connectivity index (χ1) is 10.8. The van der Waals surface area contributed by atoms with Crippen LogP contribution >= 0.6 is 0 Å². The van der Waals surface area contributed by atoms with Gasteiger partial charge in [-0.25, -0.2) is 8.42 Å². The number of hydrogen-bond acceptors (Lipinski definition) is 4. The number of carbonyl (C=O) groups is 1. The van der Waals surface area contributed by atoms with Crippen molar-refractivity contribution in [2.45, 2.75) is 18.7 Å². The molecule has 23 heavy (non-hydrogen) atoms. The average Bonchev–Trinajstić information content (AvgIpc) is 2.54. The molecule has 0 spiro atoms. The van der Waals surface area contributed by atoms with Crippen molar-refractivity contribution in [2.75, 3.05) is 40.3 Å². The zero-order valence-corrected chi connectivity index (χ0v) is 14.8. The van der Waals surface area contributed by atoms with E-state index >= 15 is 0 Å². The minimum Gasteiger partial charge on any atom is -0.347 e. The Balaban J connectivity index is 1.94. The molecule has 0 saturated carbocycles. The number of benzene rings is 1. The number of sulfonamides is 1. The topological polar surface area (TPSA) is 60.9 Å². The van der Waals surface area contributed by atoms with Gasteiger partial charge in [-0.05, 0) is 12.5 Å². The van der Waals surface area contributed by atoms with E-state index in [9.17, 15) is 13.2 Å². The van der Waals surface area contributed by atoms with Gasteiger partial charge in [-0.3, -0.25) is 9.69 Å². The third kappa shape index (κ3) is 4.53. The Morgan fingerprint density at radius 1 is 1.13 bits per heavy atom. The predicted octanol–water partition coefficient (Wildman–Crippen LogP) is 0.611. The van der Waals surface area contributed by atoms with Crippen LogP contribution in [0.5, 0.6) is 0 Å². The fourth-order valence-electron chi connectivity index (χ4n) is 2.78. The molecule has 1 aliphatic rings. The summed E-state index contributed by atoms with van der Waals surface area (Å²) in [6.45, 7) is 3.89. The molecule has 1 amide bonds. The van der Waals surface area contributed by atoms with Gasteiger partial charge in [-0.15, -0.1) is 0 Å². The van der Waals surface area contributed by atoms with Gasteiger partial charge in [0.05, 0.1) is 11.8 Å². The highest BCUT2D eigenvalue weighted by Crippen LogP contribution is 2.15. The van der Waals surface area contributed by atoms with E-state index < -0.39 is 10.0 Å². The lowest BCUT2D eigenvalue weighted by atomic mass is 10.2. The average molecular weight is 339 g/mol. The largest absolute Gasteiger partial charge is 0.347 e. The number of amides is 1. The van der Waals surface area contributed by atoms with E-state index in [0.29, 0.717) is 26.2 Å². The van der Waals surface area contributed by atoms with Crippen LogP contribution in [0.2, 0.25) is 0 Å². The van der Waals surface area contributed by atoms with Gasteiger partial charge in [0.1, 0.15) is 0 Å². The van der Waals surface area contributed by atoms with Crippen molar-refractivity contribution in [1.29, 1.82) is 0 Å². The number of piperazine rings is 1. The fraction of sp³-hybridized carbons (Fsp3) is 0.562. The second-order valence-corrected chi connectivity index (χ2v) is 8.05. The number of likely N-dealkylation sites (N-methyl/N-ethyl adjacent to an activating group) is 1. The quantitative estimate of drug-likeness (QED) is 0.789. The number of nitrogens with zero attached hydrogens (tertiary/aromatic N) is 3. The zero-order valence-electron chi connectivity index (χ0n) is 14.0. The first kappa shape index (κ1) is 17.9. The highest BCUT2D eigenvalue weighted by Gasteiger charge is 2.31. The molecule has 1 saturated heterocycles. The Morgan fingerprint density at radius 3 is 2.22 bits per heavy atom. The molecule has 1 aromatic carbocycles. The Hall–Kier alpha value is -1.44. The lowest BCUT2D eigenvalue weighted by Gasteiger charge is -2.37. The van der Waals surface area contributed by atoms with E-state index in [1.54, 1.807) is 19.0 Å². The van der Waals surface area contributed by atoms with Gasteiger partial charge in [0, 0.05) is 40.3 Å². The fourth-order valence-corrected chi connectivity index (χ4v) is 4.29. The van der Waals surface area contributed by atoms with Crippen molar-refractivity contribution in [2.24, 2.45) is 0 Å². The van der Waals surface area contributed by atoms with Crippen LogP contribution in [-0.4, -0.2) is 74.7 Å². The van der Waals surface area contributed by atoms with Crippen LogP contribution in [0.3, 0.4) is 0 Å². The molecule has 0 bridgehead atoms. The highest BCUT2D eigenvalue weighted by molar-refractivity contribution is 7.88. The van der Waals surface area contributed by atoms with Crippen LogP contribution in [0.15, 0.2) is 30.3 Å². The van der Waals surface area contributed by atoms with Gasteiger partial charge in [0.25, 0.3) is 0 Å². The minimum atomic E-state index is -3.31. The summed E-state index contributed by atoms with van der Waals surface area (Å²) >= 11 is 0. The van der Waals surface area contributed by atoms with E-state index in [4.69, 9.17) is 0 Å². The molecule has 1 heterocycles. The van der Waals surface area contributed by atoms with Crippen LogP contribution in [0.25, 0.3) is 0 Å². The predicted molar refractivity (Wildman–Crippen MR) is 90.4 cm³/mol. The number of rotatable bonds is 5. The minimum absolute atomic E-state index is 0.0278. The molecule has 2 rings (SSSR count). The first-order valence-corrected chi connectivity index (χ1v) is 9.39. The summed E-state index contributed by atoms with van der Waals surface area (Å²) in [5, 5.41) is 0. The Labute approximate surface area is 138 Å². The van der Waals surface area contributed by atoms with E-state index in [0.717, 1.165) is 5.56 Å². The van der Waals surface area contributed by atoms with Crippen LogP contribution in [0.1, 0.15) is 12.5 Å². The van der Waals surface area contributed by atoms with Crippen molar-refractivity contribution in [1.82, 2.24) is 14.1 Å². The molecule has 7 heteroatoms. The molecule has 0 aliphatic carbocycles. The SMILES string of the molecule is C[C@@H](C(=O)N(C)C)N1CCN(S(=O)(=O)Cc2ccccc2)CC1. The smallest absolute Gasteiger partial charge is 0.239 e. The molecule has 0 unspecified atom stereocenters. The molecule has 6 nitrogen and oxygen atoms in total. The zero-order chi connectivity index (χ0) is 17.0. The summed E-state index contributed by atoms with van der Waals surface area (Å²) in [6, 6.07) is 8.99. The highest BCUT2D eigenvalue weighted by atomic mass is 32.2. The summed E-state index contributed by atoms with van der Waals surface area (Å²) in [4.78, 5) is 15.6. The van der Waals surface area contributed by atoms with Gasteiger partial charge < -0.3 is 4.90 Å². The lowest BCUT2D eigenvalue weighted by molar-refractivity contribution is -0.134. The third-order valence-electron chi connectivity index (χ3n) is 4.20. The maximum atomic E-state index is 12.5. The lowest BCUT2D eigenvalue weighted by Crippen LogP contribution is -2.54. The summed E-state index contributed by atoms with van der Waals surface area (Å²) in [5.41, 5.74) is 0.797. The third-order valence-corrected chi connectivity index (χ3v) is 6.05. The van der Waals surface area contributed by atoms with Crippen LogP contribution in [0.4, 0.5) is 0 Å². The van der Waals surface area contributed by atoms with Gasteiger partial charge in [-0.1, -0.05) is 30.3 Å². The molecular formula is C16H25N3O3S. The normalized spacial score (nSPS) is 18.6. The number of hydrogen-bond donors (Lipinski definition) is 0. The van der Waals surface area contributed by atoms with Crippen molar-refractivity contribution < 1.29 is 13.2 Å². The van der Waals surface area contributed by atoms with Gasteiger partial charge in [0.2, 0.25) is 15.9 Å². The monoisotopic (exact) mass is 339 g/mol. The van der Waals surface area contributed by atoms with Crippen LogP contribution in [-0.2, 0) is 20.6 Å². The molecular weight excluding hydrogens is 314 g/mol. The Morgan fingerprint density at radius 2 is 1.70 bits per heavy atom. The molecule has 0 aromatic heterocycles. The van der Waals surface area contributed by atoms with Crippen molar-refractivity contribution in [3.05, 3.63) is 35.9 Å². The maximum absolute atomic E-state index is 12.5. The first-order valence-electron chi connectivity index (χ1n) is 7.78. The molecule has 1 atom stereocenters. The van der Waals surface area contributed by atoms with Crippen molar-refractivity contribution in [3.63, 3.8) is 0 Å². The molecule has 128 valence electrons. The van der Waals surface area contributed by atoms with E-state index in [-0.39, 0.29) is 17.7 Å². The number of carbonyl (C=O) groups excluding carboxylic acids is 1. The Bertz CT molecular complexity index is 623. The molecule has 1 fully saturated rings. The van der Waals surface area contributed by atoms with Gasteiger partial charge in [0.15, 0.2) is 0 Å². The van der Waals surface area contributed by atoms with Crippen molar-refractivity contribution >= 4 is 15.9 Å². The van der Waals surface area contributed by atoms with E-state index in [1.807, 2.05) is 42.2 Å². The van der Waals surface area contributed by atoms with Crippen molar-refractivity contribution in [3.8, 4) is 0 Å². The van der Waals surface area contributed by atoms with Gasteiger partial charge in [-0.2, -0.15) is 4.31 Å². The summed E-state index contributed by atoms with van der Waals surface area (Å²) in [5.74, 6) is 0.0746. The molecule has 0 radical (unpaired) electrons. The van der Waals surface area contributed by atoms with E-state index in [1.165, 1.54) is 4.31 Å². The van der Waals surface area contributed by atoms with Gasteiger partial charge >= 0.3 is 0 Å². The van der Waals surface area contributed by atoms with Crippen LogP contribution in [0, 0.1) is 0 Å². The summed E-state index contributed by atoms with van der Waals surface area (Å²) in [6.07, 6.45) is 0. The molecule has 1 aliphatic heterocycles. The van der Waals surface area contributed by atoms with Crippen LogP contribution < -0.4 is 0 Å². The standard InChI is InChI=1S/C16H25N3O3S/c1-14(16(20)17(2)3)18-9-11-19(12-10-18)23(21,22)13-15-7-5-4-6-8-15/h4-8,14H,9-13H2,1-3H3/t14-/m0/s1. The summed E-state index contributed by atoms with van der Waals surface area (Å²) < 4.78 is 26.5. The second-order valence-electron chi connectivity index (χ2n) is 6.09. The maximum Gasteiger partial charge on any atom is 0.239 e. The second kappa shape index (κ2) is 7.42.